The second-order valence-electron chi connectivity index (χ2n) is 5.43. The first-order chi connectivity index (χ1) is 9.55. The number of rotatable bonds is 5. The van der Waals surface area contributed by atoms with E-state index in [4.69, 9.17) is 10.5 Å². The maximum absolute atomic E-state index is 5.66. The van der Waals surface area contributed by atoms with Crippen LogP contribution in [0, 0.1) is 0 Å². The molecule has 2 N–H and O–H groups in total. The third kappa shape index (κ3) is 3.33. The van der Waals surface area contributed by atoms with Crippen LogP contribution in [-0.2, 0) is 12.0 Å². The lowest BCUT2D eigenvalue weighted by Crippen LogP contribution is -2.14. The Kier molecular flexibility index (Phi) is 4.35. The standard InChI is InChI=1S/C16H21N3O/c1-4-16(2,3)12-5-8-14(9-6-12)20-15-10-7-13(11-17)18-19-15/h5-10H,4,11,17H2,1-3H3. The van der Waals surface area contributed by atoms with Gasteiger partial charge >= 0.3 is 0 Å². The van der Waals surface area contributed by atoms with Crippen LogP contribution < -0.4 is 10.5 Å². The zero-order valence-electron chi connectivity index (χ0n) is 12.3. The molecule has 0 unspecified atom stereocenters. The van der Waals surface area contributed by atoms with Crippen molar-refractivity contribution in [1.29, 1.82) is 0 Å². The first-order valence-corrected chi connectivity index (χ1v) is 6.86. The number of nitrogens with two attached hydrogens (primary N) is 1. The van der Waals surface area contributed by atoms with Crippen LogP contribution in [0.3, 0.4) is 0 Å². The summed E-state index contributed by atoms with van der Waals surface area (Å²) in [6.45, 7) is 7.05. The molecule has 4 nitrogen and oxygen atoms in total. The van der Waals surface area contributed by atoms with Gasteiger partial charge in [-0.2, -0.15) is 5.10 Å². The lowest BCUT2D eigenvalue weighted by Gasteiger charge is -2.23. The highest BCUT2D eigenvalue weighted by molar-refractivity contribution is 5.33. The lowest BCUT2D eigenvalue weighted by atomic mass is 9.82. The van der Waals surface area contributed by atoms with Gasteiger partial charge in [0, 0.05) is 12.6 Å². The van der Waals surface area contributed by atoms with Gasteiger partial charge in [0.05, 0.1) is 5.69 Å². The number of nitrogens with zero attached hydrogens (tertiary/aromatic N) is 2. The van der Waals surface area contributed by atoms with E-state index in [1.165, 1.54) is 5.56 Å². The molecule has 0 bridgehead atoms. The van der Waals surface area contributed by atoms with Crippen LogP contribution in [0.25, 0.3) is 0 Å². The van der Waals surface area contributed by atoms with Crippen LogP contribution >= 0.6 is 0 Å². The summed E-state index contributed by atoms with van der Waals surface area (Å²) in [5, 5.41) is 7.94. The highest BCUT2D eigenvalue weighted by atomic mass is 16.5. The fraction of sp³-hybridized carbons (Fsp3) is 0.375. The van der Waals surface area contributed by atoms with E-state index in [1.54, 1.807) is 6.07 Å². The minimum Gasteiger partial charge on any atom is -0.438 e. The minimum absolute atomic E-state index is 0.182. The average molecular weight is 271 g/mol. The topological polar surface area (TPSA) is 61.0 Å². The Morgan fingerprint density at radius 1 is 1.05 bits per heavy atom. The summed E-state index contributed by atoms with van der Waals surface area (Å²) in [6.07, 6.45) is 1.10. The Bertz CT molecular complexity index is 547. The van der Waals surface area contributed by atoms with E-state index in [0.717, 1.165) is 17.9 Å². The normalized spacial score (nSPS) is 11.4. The average Bonchev–Trinajstić information content (AvgIpc) is 2.48. The minimum atomic E-state index is 0.182. The Labute approximate surface area is 120 Å². The Hall–Kier alpha value is -1.94. The maximum atomic E-state index is 5.66. The van der Waals surface area contributed by atoms with Gasteiger partial charge in [0.15, 0.2) is 0 Å². The van der Waals surface area contributed by atoms with E-state index in [0.29, 0.717) is 12.4 Å². The van der Waals surface area contributed by atoms with E-state index in [2.05, 4.69) is 43.1 Å². The van der Waals surface area contributed by atoms with E-state index < -0.39 is 0 Å². The van der Waals surface area contributed by atoms with Crippen molar-refractivity contribution in [3.05, 3.63) is 47.7 Å². The molecule has 0 spiro atoms. The van der Waals surface area contributed by atoms with Gasteiger partial charge in [-0.1, -0.05) is 32.9 Å². The summed E-state index contributed by atoms with van der Waals surface area (Å²) in [5.41, 5.74) is 7.71. The highest BCUT2D eigenvalue weighted by Gasteiger charge is 2.17. The molecule has 0 amide bonds. The summed E-state index contributed by atoms with van der Waals surface area (Å²) in [4.78, 5) is 0. The molecule has 106 valence electrons. The van der Waals surface area contributed by atoms with Crippen molar-refractivity contribution in [3.8, 4) is 11.6 Å². The molecule has 4 heteroatoms. The fourth-order valence-electron chi connectivity index (χ4n) is 1.81. The molecule has 1 aromatic heterocycles. The summed E-state index contributed by atoms with van der Waals surface area (Å²) in [5.74, 6) is 1.24. The molecule has 0 radical (unpaired) electrons. The van der Waals surface area contributed by atoms with Crippen LogP contribution in [0.5, 0.6) is 11.6 Å². The third-order valence-electron chi connectivity index (χ3n) is 3.65. The van der Waals surface area contributed by atoms with E-state index in [9.17, 15) is 0 Å². The van der Waals surface area contributed by atoms with Crippen molar-refractivity contribution in [2.45, 2.75) is 39.2 Å². The third-order valence-corrected chi connectivity index (χ3v) is 3.65. The second-order valence-corrected chi connectivity index (χ2v) is 5.43. The molecule has 2 aromatic rings. The predicted molar refractivity (Wildman–Crippen MR) is 79.8 cm³/mol. The van der Waals surface area contributed by atoms with Crippen LogP contribution in [-0.4, -0.2) is 10.2 Å². The van der Waals surface area contributed by atoms with Gasteiger partial charge in [0.1, 0.15) is 5.75 Å². The molecule has 0 aliphatic rings. The Balaban J connectivity index is 2.10. The van der Waals surface area contributed by atoms with Crippen molar-refractivity contribution in [1.82, 2.24) is 10.2 Å². The van der Waals surface area contributed by atoms with Crippen LogP contribution in [0.4, 0.5) is 0 Å². The van der Waals surface area contributed by atoms with E-state index in [-0.39, 0.29) is 5.41 Å². The van der Waals surface area contributed by atoms with Gasteiger partial charge in [0.25, 0.3) is 0 Å². The molecule has 0 atom stereocenters. The number of hydrogen-bond acceptors (Lipinski definition) is 4. The summed E-state index contributed by atoms with van der Waals surface area (Å²) < 4.78 is 5.66. The molecule has 0 aliphatic carbocycles. The van der Waals surface area contributed by atoms with Crippen molar-refractivity contribution in [2.75, 3.05) is 0 Å². The van der Waals surface area contributed by atoms with Crippen molar-refractivity contribution in [2.24, 2.45) is 5.73 Å². The van der Waals surface area contributed by atoms with Gasteiger partial charge in [-0.25, -0.2) is 0 Å². The molecular formula is C16H21N3O. The van der Waals surface area contributed by atoms with Gasteiger partial charge in [-0.15, -0.1) is 5.10 Å². The largest absolute Gasteiger partial charge is 0.438 e. The molecule has 2 rings (SSSR count). The fourth-order valence-corrected chi connectivity index (χ4v) is 1.81. The van der Waals surface area contributed by atoms with Crippen molar-refractivity contribution < 1.29 is 4.74 Å². The molecule has 20 heavy (non-hydrogen) atoms. The number of aromatic nitrogens is 2. The van der Waals surface area contributed by atoms with Gasteiger partial charge in [0.2, 0.25) is 5.88 Å². The molecule has 0 aliphatic heterocycles. The molecule has 1 aromatic carbocycles. The SMILES string of the molecule is CCC(C)(C)c1ccc(Oc2ccc(CN)nn2)cc1. The van der Waals surface area contributed by atoms with Gasteiger partial charge in [-0.05, 0) is 35.6 Å². The maximum Gasteiger partial charge on any atom is 0.238 e. The van der Waals surface area contributed by atoms with Crippen molar-refractivity contribution in [3.63, 3.8) is 0 Å². The summed E-state index contributed by atoms with van der Waals surface area (Å²) in [6, 6.07) is 11.7. The van der Waals surface area contributed by atoms with Gasteiger partial charge in [-0.3, -0.25) is 0 Å². The molecule has 1 heterocycles. The zero-order valence-corrected chi connectivity index (χ0v) is 12.3. The summed E-state index contributed by atoms with van der Waals surface area (Å²) >= 11 is 0. The predicted octanol–water partition coefficient (Wildman–Crippen LogP) is 3.42. The summed E-state index contributed by atoms with van der Waals surface area (Å²) in [7, 11) is 0. The van der Waals surface area contributed by atoms with E-state index in [1.807, 2.05) is 18.2 Å². The molecule has 0 fully saturated rings. The Morgan fingerprint density at radius 2 is 1.75 bits per heavy atom. The zero-order chi connectivity index (χ0) is 14.6. The number of hydrogen-bond donors (Lipinski definition) is 1. The number of benzene rings is 1. The van der Waals surface area contributed by atoms with Crippen molar-refractivity contribution >= 4 is 0 Å². The smallest absolute Gasteiger partial charge is 0.238 e. The number of ether oxygens (including phenoxy) is 1. The molecule has 0 saturated heterocycles. The van der Waals surface area contributed by atoms with Gasteiger partial charge < -0.3 is 10.5 Å². The monoisotopic (exact) mass is 271 g/mol. The first-order valence-electron chi connectivity index (χ1n) is 6.86. The second kappa shape index (κ2) is 6.01. The van der Waals surface area contributed by atoms with Crippen LogP contribution in [0.15, 0.2) is 36.4 Å². The first kappa shape index (κ1) is 14.5. The molecular weight excluding hydrogens is 250 g/mol. The highest BCUT2D eigenvalue weighted by Crippen LogP contribution is 2.29. The molecule has 0 saturated carbocycles. The van der Waals surface area contributed by atoms with Crippen LogP contribution in [0.2, 0.25) is 0 Å². The van der Waals surface area contributed by atoms with Crippen LogP contribution in [0.1, 0.15) is 38.4 Å². The Morgan fingerprint density at radius 3 is 2.25 bits per heavy atom. The quantitative estimate of drug-likeness (QED) is 0.905. The lowest BCUT2D eigenvalue weighted by molar-refractivity contribution is 0.452. The van der Waals surface area contributed by atoms with E-state index >= 15 is 0 Å².